The first kappa shape index (κ1) is 7.88. The van der Waals surface area contributed by atoms with Crippen LogP contribution in [0.15, 0.2) is 4.99 Å². The molecule has 0 radical (unpaired) electrons. The maximum Gasteiger partial charge on any atom is 0.156 e. The predicted octanol–water partition coefficient (Wildman–Crippen LogP) is 0.0612. The van der Waals surface area contributed by atoms with E-state index in [0.29, 0.717) is 0 Å². The second-order valence-corrected chi connectivity index (χ2v) is 3.12. The highest BCUT2D eigenvalue weighted by molar-refractivity contribution is 8.14. The molecule has 0 aromatic rings. The molecule has 0 fully saturated rings. The third-order valence-corrected chi connectivity index (χ3v) is 2.13. The summed E-state index contributed by atoms with van der Waals surface area (Å²) in [5.74, 6) is 1.10. The number of nitrogens with zero attached hydrogens (tertiary/aromatic N) is 1. The number of nitrogens with one attached hydrogen (secondary N) is 1. The molecule has 1 aliphatic heterocycles. The highest BCUT2D eigenvalue weighted by Gasteiger charge is 2.04. The van der Waals surface area contributed by atoms with Gasteiger partial charge in [0.2, 0.25) is 0 Å². The quantitative estimate of drug-likeness (QED) is 0.574. The third-order valence-electron chi connectivity index (χ3n) is 1.20. The summed E-state index contributed by atoms with van der Waals surface area (Å²) in [6.45, 7) is 2.03. The summed E-state index contributed by atoms with van der Waals surface area (Å²) in [6, 6.07) is 0. The molecule has 4 heteroatoms. The minimum Gasteiger partial charge on any atom is -0.396 e. The van der Waals surface area contributed by atoms with Crippen molar-refractivity contribution in [1.82, 2.24) is 5.32 Å². The maximum atomic E-state index is 8.45. The van der Waals surface area contributed by atoms with Crippen LogP contribution in [0.4, 0.5) is 0 Å². The number of hydrogen-bond acceptors (Lipinski definition) is 4. The lowest BCUT2D eigenvalue weighted by Crippen LogP contribution is -2.20. The largest absolute Gasteiger partial charge is 0.396 e. The fraction of sp³-hybridized carbons (Fsp3) is 0.833. The van der Waals surface area contributed by atoms with E-state index in [4.69, 9.17) is 5.11 Å². The number of rotatable bonds is 3. The lowest BCUT2D eigenvalue weighted by atomic mass is 10.5. The molecular formula is C6H12N2OS. The van der Waals surface area contributed by atoms with Gasteiger partial charge in [0.1, 0.15) is 0 Å². The van der Waals surface area contributed by atoms with E-state index in [2.05, 4.69) is 10.3 Å². The van der Waals surface area contributed by atoms with E-state index in [9.17, 15) is 0 Å². The third kappa shape index (κ3) is 2.58. The van der Waals surface area contributed by atoms with Gasteiger partial charge in [0, 0.05) is 18.9 Å². The molecule has 0 aromatic carbocycles. The zero-order chi connectivity index (χ0) is 7.23. The van der Waals surface area contributed by atoms with Crippen molar-refractivity contribution in [1.29, 1.82) is 0 Å². The number of hydrogen-bond donors (Lipinski definition) is 2. The van der Waals surface area contributed by atoms with Crippen molar-refractivity contribution in [2.45, 2.75) is 6.42 Å². The van der Waals surface area contributed by atoms with E-state index in [-0.39, 0.29) is 6.61 Å². The van der Waals surface area contributed by atoms with E-state index in [1.807, 2.05) is 0 Å². The molecule has 0 bridgehead atoms. The van der Waals surface area contributed by atoms with Gasteiger partial charge >= 0.3 is 0 Å². The fourth-order valence-electron chi connectivity index (χ4n) is 0.716. The first-order chi connectivity index (χ1) is 4.93. The predicted molar refractivity (Wildman–Crippen MR) is 44.5 cm³/mol. The normalized spacial score (nSPS) is 17.1. The van der Waals surface area contributed by atoms with E-state index in [0.717, 1.165) is 30.4 Å². The SMILES string of the molecule is OCCCNC1=NCCS1. The molecular weight excluding hydrogens is 148 g/mol. The fourth-order valence-corrected chi connectivity index (χ4v) is 1.48. The zero-order valence-electron chi connectivity index (χ0n) is 5.84. The molecule has 0 spiro atoms. The minimum absolute atomic E-state index is 0.255. The number of aliphatic hydroxyl groups is 1. The Labute approximate surface area is 64.9 Å². The summed E-state index contributed by atoms with van der Waals surface area (Å²) in [4.78, 5) is 4.19. The molecule has 0 amide bonds. The van der Waals surface area contributed by atoms with Crippen LogP contribution in [-0.2, 0) is 0 Å². The van der Waals surface area contributed by atoms with Gasteiger partial charge in [-0.25, -0.2) is 0 Å². The van der Waals surface area contributed by atoms with E-state index >= 15 is 0 Å². The minimum atomic E-state index is 0.255. The monoisotopic (exact) mass is 160 g/mol. The van der Waals surface area contributed by atoms with Crippen LogP contribution >= 0.6 is 11.8 Å². The summed E-state index contributed by atoms with van der Waals surface area (Å²) in [5, 5.41) is 12.6. The molecule has 0 unspecified atom stereocenters. The summed E-state index contributed by atoms with van der Waals surface area (Å²) >= 11 is 1.75. The Hall–Kier alpha value is -0.220. The lowest BCUT2D eigenvalue weighted by molar-refractivity contribution is 0.289. The van der Waals surface area contributed by atoms with E-state index in [1.54, 1.807) is 11.8 Å². The van der Waals surface area contributed by atoms with Crippen molar-refractivity contribution in [2.75, 3.05) is 25.4 Å². The molecule has 0 atom stereocenters. The molecule has 0 saturated carbocycles. The second-order valence-electron chi connectivity index (χ2n) is 2.04. The Morgan fingerprint density at radius 3 is 3.20 bits per heavy atom. The Kier molecular flexibility index (Phi) is 3.60. The molecule has 58 valence electrons. The standard InChI is InChI=1S/C6H12N2OS/c9-4-1-2-7-6-8-3-5-10-6/h9H,1-5H2,(H,7,8). The van der Waals surface area contributed by atoms with Gasteiger partial charge in [0.15, 0.2) is 5.17 Å². The van der Waals surface area contributed by atoms with Gasteiger partial charge in [-0.05, 0) is 6.42 Å². The number of amidine groups is 1. The smallest absolute Gasteiger partial charge is 0.156 e. The van der Waals surface area contributed by atoms with Crippen LogP contribution in [-0.4, -0.2) is 35.7 Å². The zero-order valence-corrected chi connectivity index (χ0v) is 6.65. The average Bonchev–Trinajstić information content (AvgIpc) is 2.41. The Bertz CT molecular complexity index is 127. The molecule has 0 saturated heterocycles. The molecule has 1 aliphatic rings. The van der Waals surface area contributed by atoms with Crippen LogP contribution in [0.2, 0.25) is 0 Å². The summed E-state index contributed by atoms with van der Waals surface area (Å²) in [6.07, 6.45) is 0.805. The van der Waals surface area contributed by atoms with Gasteiger partial charge in [-0.15, -0.1) is 0 Å². The van der Waals surface area contributed by atoms with E-state index < -0.39 is 0 Å². The van der Waals surface area contributed by atoms with Crippen LogP contribution in [0, 0.1) is 0 Å². The maximum absolute atomic E-state index is 8.45. The second kappa shape index (κ2) is 4.57. The van der Waals surface area contributed by atoms with Crippen molar-refractivity contribution in [3.63, 3.8) is 0 Å². The molecule has 1 heterocycles. The molecule has 2 N–H and O–H groups in total. The topological polar surface area (TPSA) is 44.6 Å². The number of thioether (sulfide) groups is 1. The van der Waals surface area contributed by atoms with E-state index in [1.165, 1.54) is 0 Å². The molecule has 3 nitrogen and oxygen atoms in total. The van der Waals surface area contributed by atoms with Crippen LogP contribution in [0.5, 0.6) is 0 Å². The van der Waals surface area contributed by atoms with Gasteiger partial charge < -0.3 is 10.4 Å². The van der Waals surface area contributed by atoms with Crippen LogP contribution in [0.3, 0.4) is 0 Å². The first-order valence-electron chi connectivity index (χ1n) is 3.45. The van der Waals surface area contributed by atoms with Gasteiger partial charge in [-0.1, -0.05) is 11.8 Å². The van der Waals surface area contributed by atoms with Crippen molar-refractivity contribution in [2.24, 2.45) is 4.99 Å². The summed E-state index contributed by atoms with van der Waals surface area (Å²) < 4.78 is 0. The van der Waals surface area contributed by atoms with Crippen molar-refractivity contribution >= 4 is 16.9 Å². The van der Waals surface area contributed by atoms with Crippen LogP contribution in [0.25, 0.3) is 0 Å². The molecule has 0 aromatic heterocycles. The Balaban J connectivity index is 2.01. The lowest BCUT2D eigenvalue weighted by Gasteiger charge is -2.01. The summed E-state index contributed by atoms with van der Waals surface area (Å²) in [7, 11) is 0. The van der Waals surface area contributed by atoms with Gasteiger partial charge in [0.25, 0.3) is 0 Å². The molecule has 10 heavy (non-hydrogen) atoms. The summed E-state index contributed by atoms with van der Waals surface area (Å²) in [5.41, 5.74) is 0. The van der Waals surface area contributed by atoms with Crippen molar-refractivity contribution in [3.05, 3.63) is 0 Å². The van der Waals surface area contributed by atoms with Crippen LogP contribution < -0.4 is 5.32 Å². The van der Waals surface area contributed by atoms with Crippen molar-refractivity contribution in [3.8, 4) is 0 Å². The Morgan fingerprint density at radius 1 is 1.70 bits per heavy atom. The van der Waals surface area contributed by atoms with Gasteiger partial charge in [0.05, 0.1) is 6.54 Å². The van der Waals surface area contributed by atoms with Gasteiger partial charge in [-0.3, -0.25) is 4.99 Å². The molecule has 0 aliphatic carbocycles. The van der Waals surface area contributed by atoms with Crippen LogP contribution in [0.1, 0.15) is 6.42 Å². The highest BCUT2D eigenvalue weighted by atomic mass is 32.2. The van der Waals surface area contributed by atoms with Crippen molar-refractivity contribution < 1.29 is 5.11 Å². The first-order valence-corrected chi connectivity index (χ1v) is 4.44. The highest BCUT2D eigenvalue weighted by Crippen LogP contribution is 2.08. The van der Waals surface area contributed by atoms with Gasteiger partial charge in [-0.2, -0.15) is 0 Å². The number of aliphatic hydroxyl groups excluding tert-OH is 1. The average molecular weight is 160 g/mol. The molecule has 1 rings (SSSR count). The Morgan fingerprint density at radius 2 is 2.60 bits per heavy atom. The number of aliphatic imine (C=N–C) groups is 1.